The third kappa shape index (κ3) is 1.55. The Kier molecular flexibility index (Phi) is 2.47. The summed E-state index contributed by atoms with van der Waals surface area (Å²) in [6.45, 7) is 0.759. The van der Waals surface area contributed by atoms with E-state index in [1.54, 1.807) is 14.2 Å². The molecule has 2 aliphatic rings. The summed E-state index contributed by atoms with van der Waals surface area (Å²) in [5, 5.41) is 2.65. The number of hydrogen-bond donors (Lipinski definition) is 1. The first kappa shape index (κ1) is 11.4. The molecule has 0 radical (unpaired) electrons. The number of benzene rings is 1. The maximum Gasteiger partial charge on any atom is 0.254 e. The fourth-order valence-electron chi connectivity index (χ4n) is 2.74. The van der Waals surface area contributed by atoms with Crippen LogP contribution in [0.3, 0.4) is 0 Å². The molecular formula is C14H17NO3. The van der Waals surface area contributed by atoms with Gasteiger partial charge < -0.3 is 14.8 Å². The van der Waals surface area contributed by atoms with Gasteiger partial charge in [0.25, 0.3) is 5.91 Å². The van der Waals surface area contributed by atoms with Crippen LogP contribution in [0.4, 0.5) is 0 Å². The van der Waals surface area contributed by atoms with Crippen molar-refractivity contribution in [2.24, 2.45) is 0 Å². The number of ether oxygens (including phenoxy) is 2. The second-order valence-electron chi connectivity index (χ2n) is 5.01. The van der Waals surface area contributed by atoms with Gasteiger partial charge in [0.05, 0.1) is 19.3 Å². The van der Waals surface area contributed by atoms with E-state index in [1.807, 2.05) is 12.1 Å². The van der Waals surface area contributed by atoms with Crippen molar-refractivity contribution in [3.8, 4) is 11.5 Å². The van der Waals surface area contributed by atoms with Crippen molar-refractivity contribution in [2.75, 3.05) is 20.8 Å². The number of nitrogens with one attached hydrogen (secondary N) is 1. The van der Waals surface area contributed by atoms with Gasteiger partial charge in [0.15, 0.2) is 0 Å². The average molecular weight is 247 g/mol. The Morgan fingerprint density at radius 1 is 1.39 bits per heavy atom. The summed E-state index contributed by atoms with van der Waals surface area (Å²) in [5.74, 6) is 1.34. The van der Waals surface area contributed by atoms with Crippen LogP contribution in [-0.2, 0) is 5.41 Å². The van der Waals surface area contributed by atoms with Crippen LogP contribution in [-0.4, -0.2) is 26.7 Å². The van der Waals surface area contributed by atoms with Crippen molar-refractivity contribution in [1.82, 2.24) is 5.32 Å². The van der Waals surface area contributed by atoms with Crippen molar-refractivity contribution < 1.29 is 14.3 Å². The third-order valence-electron chi connectivity index (χ3n) is 4.04. The fourth-order valence-corrected chi connectivity index (χ4v) is 2.74. The van der Waals surface area contributed by atoms with Crippen molar-refractivity contribution >= 4 is 5.91 Å². The van der Waals surface area contributed by atoms with Gasteiger partial charge in [0.2, 0.25) is 0 Å². The minimum atomic E-state index is -0.115. The topological polar surface area (TPSA) is 47.6 Å². The molecule has 4 nitrogen and oxygen atoms in total. The monoisotopic (exact) mass is 247 g/mol. The Hall–Kier alpha value is -1.71. The Bertz CT molecular complexity index is 506. The van der Waals surface area contributed by atoms with Crippen molar-refractivity contribution in [2.45, 2.75) is 24.7 Å². The molecule has 1 spiro atoms. The highest BCUT2D eigenvalue weighted by atomic mass is 16.5. The van der Waals surface area contributed by atoms with E-state index in [2.05, 4.69) is 5.32 Å². The summed E-state index contributed by atoms with van der Waals surface area (Å²) in [4.78, 5) is 11.9. The van der Waals surface area contributed by atoms with Gasteiger partial charge in [-0.25, -0.2) is 0 Å². The summed E-state index contributed by atoms with van der Waals surface area (Å²) >= 11 is 0. The van der Waals surface area contributed by atoms with Gasteiger partial charge in [-0.1, -0.05) is 0 Å². The van der Waals surface area contributed by atoms with Gasteiger partial charge in [-0.15, -0.1) is 0 Å². The lowest BCUT2D eigenvalue weighted by atomic mass is 9.88. The second-order valence-corrected chi connectivity index (χ2v) is 5.01. The van der Waals surface area contributed by atoms with Crippen LogP contribution >= 0.6 is 0 Å². The molecule has 18 heavy (non-hydrogen) atoms. The largest absolute Gasteiger partial charge is 0.496 e. The zero-order chi connectivity index (χ0) is 12.8. The van der Waals surface area contributed by atoms with E-state index >= 15 is 0 Å². The van der Waals surface area contributed by atoms with E-state index in [0.717, 1.165) is 18.8 Å². The smallest absolute Gasteiger partial charge is 0.254 e. The molecule has 1 N–H and O–H groups in total. The summed E-state index contributed by atoms with van der Waals surface area (Å²) in [5.41, 5.74) is 2.03. The lowest BCUT2D eigenvalue weighted by Crippen LogP contribution is -2.23. The molecule has 0 aromatic heterocycles. The minimum Gasteiger partial charge on any atom is -0.496 e. The highest BCUT2D eigenvalue weighted by Gasteiger charge is 2.48. The van der Waals surface area contributed by atoms with Gasteiger partial charge in [-0.2, -0.15) is 0 Å². The van der Waals surface area contributed by atoms with Gasteiger partial charge in [-0.3, -0.25) is 4.79 Å². The van der Waals surface area contributed by atoms with Gasteiger partial charge in [0, 0.05) is 24.1 Å². The highest BCUT2D eigenvalue weighted by molar-refractivity contribution is 5.97. The average Bonchev–Trinajstić information content (AvgIpc) is 3.17. The standard InChI is InChI=1S/C14H17NO3/c1-15-13(16)9-7-10-12(8-11(9)17-2)18-6-5-14(10)3-4-14/h7-8H,3-6H2,1-2H3,(H,15,16). The molecule has 96 valence electrons. The predicted molar refractivity (Wildman–Crippen MR) is 67.4 cm³/mol. The van der Waals surface area contributed by atoms with Crippen molar-refractivity contribution in [3.63, 3.8) is 0 Å². The van der Waals surface area contributed by atoms with Gasteiger partial charge in [-0.05, 0) is 25.3 Å². The SMILES string of the molecule is CNC(=O)c1cc2c(cc1OC)OCCC21CC1. The van der Waals surface area contributed by atoms with Crippen molar-refractivity contribution in [3.05, 3.63) is 23.3 Å². The maximum absolute atomic E-state index is 11.9. The van der Waals surface area contributed by atoms with E-state index in [-0.39, 0.29) is 11.3 Å². The molecule has 3 rings (SSSR count). The van der Waals surface area contributed by atoms with Crippen LogP contribution in [0.2, 0.25) is 0 Å². The van der Waals surface area contributed by atoms with E-state index in [0.29, 0.717) is 11.3 Å². The van der Waals surface area contributed by atoms with Crippen LogP contribution in [0.1, 0.15) is 35.2 Å². The Labute approximate surface area is 106 Å². The van der Waals surface area contributed by atoms with Gasteiger partial charge in [0.1, 0.15) is 11.5 Å². The van der Waals surface area contributed by atoms with E-state index < -0.39 is 0 Å². The lowest BCUT2D eigenvalue weighted by molar-refractivity contribution is 0.0959. The highest BCUT2D eigenvalue weighted by Crippen LogP contribution is 2.56. The maximum atomic E-state index is 11.9. The Morgan fingerprint density at radius 3 is 2.78 bits per heavy atom. The van der Waals surface area contributed by atoms with Crippen LogP contribution in [0, 0.1) is 0 Å². The minimum absolute atomic E-state index is 0.115. The molecule has 4 heteroatoms. The molecule has 1 aliphatic carbocycles. The molecule has 0 saturated heterocycles. The van der Waals surface area contributed by atoms with E-state index in [4.69, 9.17) is 9.47 Å². The second kappa shape index (κ2) is 3.90. The number of rotatable bonds is 2. The van der Waals surface area contributed by atoms with E-state index in [1.165, 1.54) is 18.4 Å². The fraction of sp³-hybridized carbons (Fsp3) is 0.500. The number of hydrogen-bond acceptors (Lipinski definition) is 3. The van der Waals surface area contributed by atoms with Crippen LogP contribution in [0.25, 0.3) is 0 Å². The molecule has 0 bridgehead atoms. The number of carbonyl (C=O) groups excluding carboxylic acids is 1. The summed E-state index contributed by atoms with van der Waals surface area (Å²) < 4.78 is 11.0. The molecule has 1 aliphatic heterocycles. The van der Waals surface area contributed by atoms with Crippen molar-refractivity contribution in [1.29, 1.82) is 0 Å². The normalized spacial score (nSPS) is 18.8. The number of amides is 1. The molecule has 1 fully saturated rings. The molecular weight excluding hydrogens is 230 g/mol. The summed E-state index contributed by atoms with van der Waals surface area (Å²) in [6, 6.07) is 3.79. The molecule has 1 amide bonds. The molecule has 1 heterocycles. The first-order chi connectivity index (χ1) is 8.70. The number of carbonyl (C=O) groups is 1. The predicted octanol–water partition coefficient (Wildman–Crippen LogP) is 1.87. The third-order valence-corrected chi connectivity index (χ3v) is 4.04. The number of fused-ring (bicyclic) bond motifs is 2. The van der Waals surface area contributed by atoms with Crippen LogP contribution < -0.4 is 14.8 Å². The lowest BCUT2D eigenvalue weighted by Gasteiger charge is -2.27. The molecule has 1 aromatic rings. The van der Waals surface area contributed by atoms with E-state index in [9.17, 15) is 4.79 Å². The first-order valence-electron chi connectivity index (χ1n) is 6.27. The van der Waals surface area contributed by atoms with Crippen LogP contribution in [0.5, 0.6) is 11.5 Å². The quantitative estimate of drug-likeness (QED) is 0.868. The molecule has 0 atom stereocenters. The van der Waals surface area contributed by atoms with Gasteiger partial charge >= 0.3 is 0 Å². The Morgan fingerprint density at radius 2 is 2.17 bits per heavy atom. The number of methoxy groups -OCH3 is 1. The van der Waals surface area contributed by atoms with Crippen LogP contribution in [0.15, 0.2) is 12.1 Å². The molecule has 0 unspecified atom stereocenters. The zero-order valence-electron chi connectivity index (χ0n) is 10.7. The molecule has 1 saturated carbocycles. The summed E-state index contributed by atoms with van der Waals surface area (Å²) in [6.07, 6.45) is 3.45. The summed E-state index contributed by atoms with van der Waals surface area (Å²) in [7, 11) is 3.20. The first-order valence-corrected chi connectivity index (χ1v) is 6.27. The molecule has 1 aromatic carbocycles. The zero-order valence-corrected chi connectivity index (χ0v) is 10.7. The Balaban J connectivity index is 2.13.